The first-order valence-corrected chi connectivity index (χ1v) is 7.66. The van der Waals surface area contributed by atoms with E-state index in [1.165, 1.54) is 0 Å². The number of carbonyl (C=O) groups is 1. The van der Waals surface area contributed by atoms with Crippen molar-refractivity contribution in [2.45, 2.75) is 19.9 Å². The van der Waals surface area contributed by atoms with Crippen LogP contribution in [0.5, 0.6) is 0 Å². The number of nitrogens with one attached hydrogen (secondary N) is 1. The number of piperazine rings is 1. The van der Waals surface area contributed by atoms with E-state index in [2.05, 4.69) is 15.2 Å². The number of benzene rings is 1. The standard InChI is InChI=1S/C15H23ClN4O/c1-11(2)14(15(21)18-17)20-9-7-19(8-10-20)13-6-4-3-5-12(13)16/h3-6,11,14H,7-10,17H2,1-2H3,(H,18,21). The Morgan fingerprint density at radius 1 is 1.24 bits per heavy atom. The average molecular weight is 311 g/mol. The number of para-hydroxylation sites is 1. The summed E-state index contributed by atoms with van der Waals surface area (Å²) >= 11 is 6.24. The van der Waals surface area contributed by atoms with Gasteiger partial charge in [0.1, 0.15) is 0 Å². The Hall–Kier alpha value is -1.30. The monoisotopic (exact) mass is 310 g/mol. The van der Waals surface area contributed by atoms with Crippen LogP contribution in [-0.2, 0) is 4.79 Å². The van der Waals surface area contributed by atoms with Crippen molar-refractivity contribution < 1.29 is 4.79 Å². The fourth-order valence-electron chi connectivity index (χ4n) is 2.92. The van der Waals surface area contributed by atoms with Gasteiger partial charge in [-0.15, -0.1) is 0 Å². The van der Waals surface area contributed by atoms with Crippen molar-refractivity contribution in [3.05, 3.63) is 29.3 Å². The van der Waals surface area contributed by atoms with Crippen LogP contribution in [0, 0.1) is 5.92 Å². The highest BCUT2D eigenvalue weighted by molar-refractivity contribution is 6.33. The SMILES string of the molecule is CC(C)C(C(=O)NN)N1CCN(c2ccccc2Cl)CC1. The van der Waals surface area contributed by atoms with E-state index in [0.717, 1.165) is 36.9 Å². The van der Waals surface area contributed by atoms with Gasteiger partial charge in [0.25, 0.3) is 5.91 Å². The van der Waals surface area contributed by atoms with Gasteiger partial charge >= 0.3 is 0 Å². The van der Waals surface area contributed by atoms with E-state index >= 15 is 0 Å². The van der Waals surface area contributed by atoms with Crippen molar-refractivity contribution in [2.75, 3.05) is 31.1 Å². The zero-order chi connectivity index (χ0) is 15.4. The summed E-state index contributed by atoms with van der Waals surface area (Å²) in [6.07, 6.45) is 0. The Balaban J connectivity index is 2.02. The minimum Gasteiger partial charge on any atom is -0.368 e. The fourth-order valence-corrected chi connectivity index (χ4v) is 3.18. The van der Waals surface area contributed by atoms with E-state index in [4.69, 9.17) is 17.4 Å². The molecule has 0 aliphatic carbocycles. The summed E-state index contributed by atoms with van der Waals surface area (Å²) < 4.78 is 0. The van der Waals surface area contributed by atoms with Crippen LogP contribution in [0.3, 0.4) is 0 Å². The highest BCUT2D eigenvalue weighted by atomic mass is 35.5. The van der Waals surface area contributed by atoms with Crippen LogP contribution < -0.4 is 16.2 Å². The molecular weight excluding hydrogens is 288 g/mol. The lowest BCUT2D eigenvalue weighted by atomic mass is 10.0. The van der Waals surface area contributed by atoms with Crippen LogP contribution in [0.2, 0.25) is 5.02 Å². The molecule has 0 aromatic heterocycles. The first kappa shape index (κ1) is 16.1. The number of anilines is 1. The Morgan fingerprint density at radius 2 is 1.86 bits per heavy atom. The second-order valence-electron chi connectivity index (χ2n) is 5.67. The second-order valence-corrected chi connectivity index (χ2v) is 6.08. The largest absolute Gasteiger partial charge is 0.368 e. The Labute approximate surface area is 131 Å². The number of amides is 1. The molecule has 1 unspecified atom stereocenters. The molecule has 6 heteroatoms. The van der Waals surface area contributed by atoms with Crippen molar-refractivity contribution in [1.29, 1.82) is 0 Å². The van der Waals surface area contributed by atoms with Gasteiger partial charge in [-0.2, -0.15) is 0 Å². The van der Waals surface area contributed by atoms with Crippen LogP contribution in [0.25, 0.3) is 0 Å². The zero-order valence-corrected chi connectivity index (χ0v) is 13.3. The van der Waals surface area contributed by atoms with E-state index in [9.17, 15) is 4.79 Å². The molecule has 0 bridgehead atoms. The maximum Gasteiger partial charge on any atom is 0.251 e. The first-order chi connectivity index (χ1) is 10.0. The maximum atomic E-state index is 11.9. The van der Waals surface area contributed by atoms with Crippen molar-refractivity contribution in [3.63, 3.8) is 0 Å². The molecule has 1 heterocycles. The molecule has 0 saturated carbocycles. The first-order valence-electron chi connectivity index (χ1n) is 7.28. The molecule has 5 nitrogen and oxygen atoms in total. The van der Waals surface area contributed by atoms with E-state index in [1.54, 1.807) is 0 Å². The van der Waals surface area contributed by atoms with Crippen LogP contribution >= 0.6 is 11.6 Å². The van der Waals surface area contributed by atoms with Crippen molar-refractivity contribution in [2.24, 2.45) is 11.8 Å². The summed E-state index contributed by atoms with van der Waals surface area (Å²) in [5.74, 6) is 5.41. The van der Waals surface area contributed by atoms with Gasteiger partial charge in [-0.3, -0.25) is 15.1 Å². The number of hydrazine groups is 1. The van der Waals surface area contributed by atoms with E-state index in [1.807, 2.05) is 38.1 Å². The summed E-state index contributed by atoms with van der Waals surface area (Å²) in [4.78, 5) is 16.4. The molecule has 1 saturated heterocycles. The smallest absolute Gasteiger partial charge is 0.251 e. The highest BCUT2D eigenvalue weighted by Crippen LogP contribution is 2.26. The van der Waals surface area contributed by atoms with Crippen molar-refractivity contribution in [1.82, 2.24) is 10.3 Å². The summed E-state index contributed by atoms with van der Waals surface area (Å²) in [6, 6.07) is 7.69. The summed E-state index contributed by atoms with van der Waals surface area (Å²) in [6.45, 7) is 7.43. The highest BCUT2D eigenvalue weighted by Gasteiger charge is 2.31. The Kier molecular flexibility index (Phi) is 5.45. The molecule has 21 heavy (non-hydrogen) atoms. The number of rotatable bonds is 4. The average Bonchev–Trinajstić information content (AvgIpc) is 2.48. The van der Waals surface area contributed by atoms with E-state index < -0.39 is 0 Å². The molecule has 1 aliphatic heterocycles. The quantitative estimate of drug-likeness (QED) is 0.502. The zero-order valence-electron chi connectivity index (χ0n) is 12.6. The summed E-state index contributed by atoms with van der Waals surface area (Å²) in [5, 5.41) is 0.770. The number of nitrogens with two attached hydrogens (primary N) is 1. The number of hydrogen-bond acceptors (Lipinski definition) is 4. The lowest BCUT2D eigenvalue weighted by Crippen LogP contribution is -2.57. The molecule has 116 valence electrons. The molecule has 0 spiro atoms. The van der Waals surface area contributed by atoms with Gasteiger partial charge in [-0.05, 0) is 18.1 Å². The molecule has 2 rings (SSSR count). The third-order valence-electron chi connectivity index (χ3n) is 3.94. The predicted molar refractivity (Wildman–Crippen MR) is 86.2 cm³/mol. The number of hydrogen-bond donors (Lipinski definition) is 2. The van der Waals surface area contributed by atoms with Gasteiger partial charge in [-0.1, -0.05) is 37.6 Å². The van der Waals surface area contributed by atoms with Gasteiger partial charge in [0.2, 0.25) is 0 Å². The fraction of sp³-hybridized carbons (Fsp3) is 0.533. The predicted octanol–water partition coefficient (Wildman–Crippen LogP) is 1.48. The minimum absolute atomic E-state index is 0.115. The van der Waals surface area contributed by atoms with Gasteiger partial charge in [0.05, 0.1) is 16.8 Å². The summed E-state index contributed by atoms with van der Waals surface area (Å²) in [5.41, 5.74) is 3.34. The number of carbonyl (C=O) groups excluding carboxylic acids is 1. The molecule has 1 aromatic rings. The van der Waals surface area contributed by atoms with Crippen LogP contribution in [0.4, 0.5) is 5.69 Å². The molecule has 1 aliphatic rings. The Morgan fingerprint density at radius 3 is 2.38 bits per heavy atom. The minimum atomic E-state index is -0.177. The maximum absolute atomic E-state index is 11.9. The van der Waals surface area contributed by atoms with Gasteiger partial charge in [-0.25, -0.2) is 5.84 Å². The molecular formula is C15H23ClN4O. The topological polar surface area (TPSA) is 61.6 Å². The lowest BCUT2D eigenvalue weighted by molar-refractivity contribution is -0.128. The van der Waals surface area contributed by atoms with E-state index in [0.29, 0.717) is 0 Å². The normalized spacial score (nSPS) is 17.9. The number of nitrogens with zero attached hydrogens (tertiary/aromatic N) is 2. The Bertz CT molecular complexity index is 486. The summed E-state index contributed by atoms with van der Waals surface area (Å²) in [7, 11) is 0. The lowest BCUT2D eigenvalue weighted by Gasteiger charge is -2.40. The van der Waals surface area contributed by atoms with Crippen molar-refractivity contribution >= 4 is 23.2 Å². The molecule has 1 aromatic carbocycles. The second kappa shape index (κ2) is 7.11. The molecule has 1 fully saturated rings. The third-order valence-corrected chi connectivity index (χ3v) is 4.26. The molecule has 1 amide bonds. The van der Waals surface area contributed by atoms with Gasteiger partial charge in [0.15, 0.2) is 0 Å². The van der Waals surface area contributed by atoms with E-state index in [-0.39, 0.29) is 17.9 Å². The molecule has 3 N–H and O–H groups in total. The molecule has 0 radical (unpaired) electrons. The van der Waals surface area contributed by atoms with Gasteiger partial charge < -0.3 is 4.90 Å². The van der Waals surface area contributed by atoms with Crippen LogP contribution in [-0.4, -0.2) is 43.0 Å². The van der Waals surface area contributed by atoms with Crippen LogP contribution in [0.1, 0.15) is 13.8 Å². The van der Waals surface area contributed by atoms with Crippen LogP contribution in [0.15, 0.2) is 24.3 Å². The van der Waals surface area contributed by atoms with Crippen molar-refractivity contribution in [3.8, 4) is 0 Å². The third kappa shape index (κ3) is 3.67. The van der Waals surface area contributed by atoms with Gasteiger partial charge in [0, 0.05) is 26.2 Å². The number of halogens is 1. The molecule has 1 atom stereocenters.